The van der Waals surface area contributed by atoms with Crippen LogP contribution in [0, 0.1) is 0 Å². The monoisotopic (exact) mass is 370 g/mol. The summed E-state index contributed by atoms with van der Waals surface area (Å²) in [5.41, 5.74) is 1.83. The smallest absolute Gasteiger partial charge is 0.243 e. The highest BCUT2D eigenvalue weighted by molar-refractivity contribution is 7.96. The zero-order valence-corrected chi connectivity index (χ0v) is 15.4. The van der Waals surface area contributed by atoms with Gasteiger partial charge in [0.15, 0.2) is 0 Å². The van der Waals surface area contributed by atoms with Crippen LogP contribution in [0.5, 0.6) is 0 Å². The third-order valence-electron chi connectivity index (χ3n) is 3.87. The van der Waals surface area contributed by atoms with Gasteiger partial charge >= 0.3 is 0 Å². The van der Waals surface area contributed by atoms with Gasteiger partial charge in [0, 0.05) is 19.8 Å². The van der Waals surface area contributed by atoms with Crippen LogP contribution in [0.25, 0.3) is 0 Å². The lowest BCUT2D eigenvalue weighted by atomic mass is 10.0. The molecule has 0 aliphatic rings. The predicted molar refractivity (Wildman–Crippen MR) is 104 cm³/mol. The van der Waals surface area contributed by atoms with Crippen molar-refractivity contribution in [2.24, 2.45) is 0 Å². The van der Waals surface area contributed by atoms with Crippen LogP contribution in [-0.2, 0) is 27.2 Å². The first-order valence-electron chi connectivity index (χ1n) is 8.34. The molecule has 26 heavy (non-hydrogen) atoms. The van der Waals surface area contributed by atoms with Crippen molar-refractivity contribution in [3.63, 3.8) is 0 Å². The van der Waals surface area contributed by atoms with Gasteiger partial charge in [0.1, 0.15) is 12.1 Å². The third-order valence-corrected chi connectivity index (χ3v) is 4.19. The number of benzene rings is 2. The van der Waals surface area contributed by atoms with E-state index in [1.54, 1.807) is 0 Å². The minimum absolute atomic E-state index is 0.308. The third kappa shape index (κ3) is 6.37. The topological polar surface area (TPSA) is 75.3 Å². The number of hydrogen-bond donors (Lipinski definition) is 3. The second-order valence-electron chi connectivity index (χ2n) is 6.03. The second-order valence-corrected chi connectivity index (χ2v) is 6.47. The summed E-state index contributed by atoms with van der Waals surface area (Å²) >= 11 is 3.89. The summed E-state index contributed by atoms with van der Waals surface area (Å²) in [4.78, 5) is 36.0. The predicted octanol–water partition coefficient (Wildman–Crippen LogP) is 1.92. The van der Waals surface area contributed by atoms with Gasteiger partial charge in [-0.05, 0) is 11.1 Å². The van der Waals surface area contributed by atoms with Crippen molar-refractivity contribution in [3.05, 3.63) is 71.8 Å². The number of thiol groups is 1. The highest BCUT2D eigenvalue weighted by atomic mass is 32.1. The van der Waals surface area contributed by atoms with Crippen LogP contribution in [0.2, 0.25) is 0 Å². The van der Waals surface area contributed by atoms with Crippen LogP contribution < -0.4 is 10.6 Å². The fourth-order valence-corrected chi connectivity index (χ4v) is 2.78. The number of carbonyl (C=O) groups excluding carboxylic acids is 3. The molecule has 0 aliphatic carbocycles. The summed E-state index contributed by atoms with van der Waals surface area (Å²) in [6.45, 7) is 1.36. The molecule has 0 unspecified atom stereocenters. The number of nitrogens with one attached hydrogen (secondary N) is 2. The maximum absolute atomic E-state index is 12.7. The molecule has 2 atom stereocenters. The molecule has 0 bridgehead atoms. The average molecular weight is 370 g/mol. The van der Waals surface area contributed by atoms with Crippen molar-refractivity contribution in [2.45, 2.75) is 31.8 Å². The van der Waals surface area contributed by atoms with Crippen LogP contribution in [0.3, 0.4) is 0 Å². The first kappa shape index (κ1) is 19.7. The molecule has 0 heterocycles. The van der Waals surface area contributed by atoms with Crippen molar-refractivity contribution in [2.75, 3.05) is 0 Å². The first-order valence-corrected chi connectivity index (χ1v) is 8.78. The van der Waals surface area contributed by atoms with Crippen LogP contribution in [-0.4, -0.2) is 29.0 Å². The normalized spacial score (nSPS) is 12.7. The van der Waals surface area contributed by atoms with Crippen LogP contribution >= 0.6 is 12.6 Å². The highest BCUT2D eigenvalue weighted by Crippen LogP contribution is 2.08. The number of amides is 2. The van der Waals surface area contributed by atoms with E-state index in [1.807, 2.05) is 60.7 Å². The minimum atomic E-state index is -0.764. The minimum Gasteiger partial charge on any atom is -0.344 e. The Morgan fingerprint density at radius 2 is 1.27 bits per heavy atom. The standard InChI is InChI=1S/C20H22N2O3S/c1-14(23)21-17(12-15-8-4-2-5-9-15)19(24)22-18(20(25)26)13-16-10-6-3-7-11-16/h2-11,17-18H,12-13H2,1H3,(H,21,23)(H,22,24)(H,25,26)/t17-,18-/m0/s1. The van der Waals surface area contributed by atoms with Crippen molar-refractivity contribution in [3.8, 4) is 0 Å². The summed E-state index contributed by atoms with van der Waals surface area (Å²) in [7, 11) is 0. The molecule has 2 rings (SSSR count). The van der Waals surface area contributed by atoms with Gasteiger partial charge in [0.05, 0.1) is 0 Å². The Morgan fingerprint density at radius 3 is 1.69 bits per heavy atom. The van der Waals surface area contributed by atoms with Gasteiger partial charge in [0.2, 0.25) is 16.9 Å². The maximum Gasteiger partial charge on any atom is 0.243 e. The van der Waals surface area contributed by atoms with E-state index in [0.717, 1.165) is 11.1 Å². The molecule has 0 aromatic heterocycles. The molecule has 5 nitrogen and oxygen atoms in total. The largest absolute Gasteiger partial charge is 0.344 e. The molecule has 2 N–H and O–H groups in total. The quantitative estimate of drug-likeness (QED) is 0.622. The van der Waals surface area contributed by atoms with E-state index in [4.69, 9.17) is 0 Å². The van der Waals surface area contributed by atoms with Gasteiger partial charge in [-0.25, -0.2) is 0 Å². The van der Waals surface area contributed by atoms with Crippen molar-refractivity contribution in [1.82, 2.24) is 10.6 Å². The summed E-state index contributed by atoms with van der Waals surface area (Å²) in [5, 5.41) is 4.93. The molecule has 0 saturated carbocycles. The van der Waals surface area contributed by atoms with Gasteiger partial charge in [-0.15, -0.1) is 12.6 Å². The highest BCUT2D eigenvalue weighted by Gasteiger charge is 2.25. The molecule has 0 saturated heterocycles. The van der Waals surface area contributed by atoms with Gasteiger partial charge in [-0.3, -0.25) is 14.4 Å². The zero-order valence-electron chi connectivity index (χ0n) is 14.5. The molecule has 2 aromatic carbocycles. The Morgan fingerprint density at radius 1 is 0.808 bits per heavy atom. The second kappa shape index (κ2) is 9.77. The van der Waals surface area contributed by atoms with Crippen molar-refractivity contribution in [1.29, 1.82) is 0 Å². The molecule has 2 aromatic rings. The Hall–Kier alpha value is -2.60. The van der Waals surface area contributed by atoms with Gasteiger partial charge in [-0.2, -0.15) is 0 Å². The summed E-state index contributed by atoms with van der Waals surface area (Å²) in [6.07, 6.45) is 0.679. The van der Waals surface area contributed by atoms with Gasteiger partial charge in [0.25, 0.3) is 0 Å². The lowest BCUT2D eigenvalue weighted by Crippen LogP contribution is -2.52. The van der Waals surface area contributed by atoms with E-state index in [0.29, 0.717) is 12.8 Å². The Labute approximate surface area is 158 Å². The van der Waals surface area contributed by atoms with E-state index in [1.165, 1.54) is 6.92 Å². The number of carbonyl (C=O) groups is 3. The summed E-state index contributed by atoms with van der Waals surface area (Å²) in [5.74, 6) is -0.717. The molecule has 2 amide bonds. The average Bonchev–Trinajstić information content (AvgIpc) is 2.62. The van der Waals surface area contributed by atoms with Crippen LogP contribution in [0.15, 0.2) is 60.7 Å². The summed E-state index contributed by atoms with van der Waals surface area (Å²) < 4.78 is 0. The van der Waals surface area contributed by atoms with Crippen LogP contribution in [0.1, 0.15) is 18.1 Å². The van der Waals surface area contributed by atoms with Gasteiger partial charge < -0.3 is 10.6 Å². The molecular formula is C20H22N2O3S. The molecular weight excluding hydrogens is 348 g/mol. The summed E-state index contributed by atoms with van der Waals surface area (Å²) in [6, 6.07) is 17.2. The van der Waals surface area contributed by atoms with Crippen molar-refractivity contribution >= 4 is 29.6 Å². The molecule has 6 heteroatoms. The molecule has 136 valence electrons. The molecule has 0 spiro atoms. The zero-order chi connectivity index (χ0) is 18.9. The van der Waals surface area contributed by atoms with E-state index in [-0.39, 0.29) is 5.91 Å². The lowest BCUT2D eigenvalue weighted by molar-refractivity contribution is -0.129. The van der Waals surface area contributed by atoms with Crippen molar-refractivity contribution < 1.29 is 14.4 Å². The first-order chi connectivity index (χ1) is 12.5. The number of hydrogen-bond acceptors (Lipinski definition) is 3. The van der Waals surface area contributed by atoms with E-state index in [9.17, 15) is 14.4 Å². The van der Waals surface area contributed by atoms with E-state index >= 15 is 0 Å². The lowest BCUT2D eigenvalue weighted by Gasteiger charge is -2.21. The van der Waals surface area contributed by atoms with E-state index in [2.05, 4.69) is 23.3 Å². The van der Waals surface area contributed by atoms with Crippen LogP contribution in [0.4, 0.5) is 0 Å². The molecule has 0 aliphatic heterocycles. The Bertz CT molecular complexity index is 750. The fourth-order valence-electron chi connectivity index (χ4n) is 2.63. The maximum atomic E-state index is 12.7. The number of rotatable bonds is 8. The Kier molecular flexibility index (Phi) is 7.41. The molecule has 0 fully saturated rings. The fraction of sp³-hybridized carbons (Fsp3) is 0.250. The van der Waals surface area contributed by atoms with E-state index < -0.39 is 23.1 Å². The van der Waals surface area contributed by atoms with Gasteiger partial charge in [-0.1, -0.05) is 60.7 Å². The SMILES string of the molecule is CC(=O)N[C@@H](Cc1ccccc1)C(=O)N[C@@H](Cc1ccccc1)C(=O)S. The Balaban J connectivity index is 2.09. The molecule has 0 radical (unpaired) electrons.